The van der Waals surface area contributed by atoms with Crippen LogP contribution in [0.15, 0.2) is 0 Å². The Morgan fingerprint density at radius 2 is 1.89 bits per heavy atom. The number of rotatable bonds is 4. The van der Waals surface area contributed by atoms with E-state index in [-0.39, 0.29) is 0 Å². The van der Waals surface area contributed by atoms with Gasteiger partial charge in [-0.1, -0.05) is 0 Å². The van der Waals surface area contributed by atoms with Crippen LogP contribution in [0.25, 0.3) is 0 Å². The van der Waals surface area contributed by atoms with Gasteiger partial charge in [0.05, 0.1) is 6.54 Å². The fraction of sp³-hybridized carbons (Fsp3) is 0.929. The van der Waals surface area contributed by atoms with Gasteiger partial charge in [0, 0.05) is 19.6 Å². The Kier molecular flexibility index (Phi) is 4.62. The summed E-state index contributed by atoms with van der Waals surface area (Å²) in [5.41, 5.74) is 0.509. The molecular weight excluding hydrogens is 226 g/mol. The molecule has 2 saturated heterocycles. The quantitative estimate of drug-likeness (QED) is 0.809. The average molecular weight is 253 g/mol. The van der Waals surface area contributed by atoms with E-state index in [1.54, 1.807) is 0 Å². The smallest absolute Gasteiger partial charge is 0.236 e. The summed E-state index contributed by atoms with van der Waals surface area (Å²) in [6, 6.07) is 0. The summed E-state index contributed by atoms with van der Waals surface area (Å²) in [6.45, 7) is 10.9. The summed E-state index contributed by atoms with van der Waals surface area (Å²) < 4.78 is 0. The number of likely N-dealkylation sites (N-methyl/N-ethyl adjacent to an activating group) is 1. The Bertz CT molecular complexity index is 283. The number of hydrogen-bond donors (Lipinski definition) is 1. The van der Waals surface area contributed by atoms with Gasteiger partial charge in [-0.05, 0) is 58.2 Å². The molecule has 2 aliphatic rings. The molecule has 1 spiro atoms. The number of nitrogens with one attached hydrogen (secondary N) is 1. The maximum Gasteiger partial charge on any atom is 0.236 e. The minimum atomic E-state index is 0.297. The number of piperidine rings is 1. The second-order valence-electron chi connectivity index (χ2n) is 5.78. The zero-order valence-corrected chi connectivity index (χ0v) is 11.9. The number of carbonyl (C=O) groups excluding carboxylic acids is 1. The van der Waals surface area contributed by atoms with Crippen molar-refractivity contribution >= 4 is 5.91 Å². The highest BCUT2D eigenvalue weighted by molar-refractivity contribution is 5.78. The van der Waals surface area contributed by atoms with Crippen LogP contribution in [0.1, 0.15) is 33.1 Å². The van der Waals surface area contributed by atoms with E-state index in [0.717, 1.165) is 39.3 Å². The highest BCUT2D eigenvalue weighted by Gasteiger charge is 2.39. The van der Waals surface area contributed by atoms with Crippen LogP contribution in [0.3, 0.4) is 0 Å². The van der Waals surface area contributed by atoms with Crippen molar-refractivity contribution in [3.05, 3.63) is 0 Å². The fourth-order valence-electron chi connectivity index (χ4n) is 3.40. The predicted molar refractivity (Wildman–Crippen MR) is 73.5 cm³/mol. The summed E-state index contributed by atoms with van der Waals surface area (Å²) in [7, 11) is 0. The number of carbonyl (C=O) groups is 1. The van der Waals surface area contributed by atoms with Crippen molar-refractivity contribution in [2.24, 2.45) is 5.41 Å². The maximum absolute atomic E-state index is 12.1. The third kappa shape index (κ3) is 3.04. The molecule has 1 N–H and O–H groups in total. The van der Waals surface area contributed by atoms with Gasteiger partial charge in [-0.15, -0.1) is 0 Å². The third-order valence-corrected chi connectivity index (χ3v) is 4.66. The molecule has 0 atom stereocenters. The Morgan fingerprint density at radius 3 is 2.50 bits per heavy atom. The first kappa shape index (κ1) is 13.8. The molecule has 0 unspecified atom stereocenters. The second kappa shape index (κ2) is 6.02. The van der Waals surface area contributed by atoms with E-state index in [0.29, 0.717) is 17.9 Å². The van der Waals surface area contributed by atoms with Crippen LogP contribution in [-0.4, -0.2) is 61.5 Å². The van der Waals surface area contributed by atoms with E-state index < -0.39 is 0 Å². The lowest BCUT2D eigenvalue weighted by Gasteiger charge is -2.34. The van der Waals surface area contributed by atoms with Crippen molar-refractivity contribution in [2.45, 2.75) is 33.1 Å². The molecule has 2 aliphatic heterocycles. The van der Waals surface area contributed by atoms with Gasteiger partial charge in [0.1, 0.15) is 0 Å². The van der Waals surface area contributed by atoms with Crippen molar-refractivity contribution in [3.8, 4) is 0 Å². The third-order valence-electron chi connectivity index (χ3n) is 4.66. The van der Waals surface area contributed by atoms with Crippen LogP contribution in [-0.2, 0) is 4.79 Å². The molecule has 0 radical (unpaired) electrons. The molecule has 0 bridgehead atoms. The topological polar surface area (TPSA) is 35.6 Å². The summed E-state index contributed by atoms with van der Waals surface area (Å²) >= 11 is 0. The van der Waals surface area contributed by atoms with Crippen molar-refractivity contribution in [3.63, 3.8) is 0 Å². The van der Waals surface area contributed by atoms with E-state index in [9.17, 15) is 4.79 Å². The highest BCUT2D eigenvalue weighted by atomic mass is 16.2. The zero-order chi connectivity index (χ0) is 13.0. The fourth-order valence-corrected chi connectivity index (χ4v) is 3.40. The monoisotopic (exact) mass is 253 g/mol. The Labute approximate surface area is 111 Å². The van der Waals surface area contributed by atoms with Gasteiger partial charge in [0.15, 0.2) is 0 Å². The second-order valence-corrected chi connectivity index (χ2v) is 5.78. The number of hydrogen-bond acceptors (Lipinski definition) is 3. The molecule has 104 valence electrons. The molecule has 0 aromatic carbocycles. The summed E-state index contributed by atoms with van der Waals surface area (Å²) in [5, 5.41) is 3.43. The highest BCUT2D eigenvalue weighted by Crippen LogP contribution is 2.38. The predicted octanol–water partition coefficient (Wildman–Crippen LogP) is 0.930. The van der Waals surface area contributed by atoms with E-state index >= 15 is 0 Å². The van der Waals surface area contributed by atoms with Crippen LogP contribution in [0.5, 0.6) is 0 Å². The largest absolute Gasteiger partial charge is 0.342 e. The molecule has 0 saturated carbocycles. The first-order valence-electron chi connectivity index (χ1n) is 7.40. The van der Waals surface area contributed by atoms with Gasteiger partial charge < -0.3 is 10.2 Å². The minimum Gasteiger partial charge on any atom is -0.342 e. The zero-order valence-electron chi connectivity index (χ0n) is 11.9. The summed E-state index contributed by atoms with van der Waals surface area (Å²) in [6.07, 6.45) is 3.84. The van der Waals surface area contributed by atoms with Crippen LogP contribution >= 0.6 is 0 Å². The molecule has 2 fully saturated rings. The molecule has 0 aromatic heterocycles. The Morgan fingerprint density at radius 1 is 1.22 bits per heavy atom. The first-order chi connectivity index (χ1) is 8.69. The lowest BCUT2D eigenvalue weighted by Crippen LogP contribution is -2.42. The first-order valence-corrected chi connectivity index (χ1v) is 7.40. The van der Waals surface area contributed by atoms with E-state index in [1.165, 1.54) is 19.3 Å². The van der Waals surface area contributed by atoms with Gasteiger partial charge in [0.2, 0.25) is 5.91 Å². The number of amides is 1. The van der Waals surface area contributed by atoms with Crippen LogP contribution in [0, 0.1) is 5.41 Å². The number of nitrogens with zero attached hydrogens (tertiary/aromatic N) is 2. The van der Waals surface area contributed by atoms with Crippen molar-refractivity contribution in [1.82, 2.24) is 15.1 Å². The molecular formula is C14H27N3O. The SMILES string of the molecule is CCN(CC)C(=O)CN1CCC2(CCNCC2)C1. The molecule has 2 rings (SSSR count). The van der Waals surface area contributed by atoms with Crippen molar-refractivity contribution in [1.29, 1.82) is 0 Å². The van der Waals surface area contributed by atoms with E-state index in [2.05, 4.69) is 24.1 Å². The molecule has 18 heavy (non-hydrogen) atoms. The van der Waals surface area contributed by atoms with Crippen LogP contribution < -0.4 is 5.32 Å². The summed E-state index contributed by atoms with van der Waals surface area (Å²) in [4.78, 5) is 16.4. The van der Waals surface area contributed by atoms with Gasteiger partial charge >= 0.3 is 0 Å². The van der Waals surface area contributed by atoms with Crippen LogP contribution in [0.4, 0.5) is 0 Å². The van der Waals surface area contributed by atoms with Crippen LogP contribution in [0.2, 0.25) is 0 Å². The molecule has 4 heteroatoms. The number of likely N-dealkylation sites (tertiary alicyclic amines) is 1. The maximum atomic E-state index is 12.1. The average Bonchev–Trinajstić information content (AvgIpc) is 2.74. The summed E-state index contributed by atoms with van der Waals surface area (Å²) in [5.74, 6) is 0.297. The Hall–Kier alpha value is -0.610. The van der Waals surface area contributed by atoms with Crippen molar-refractivity contribution < 1.29 is 4.79 Å². The molecule has 2 heterocycles. The molecule has 0 aromatic rings. The molecule has 4 nitrogen and oxygen atoms in total. The Balaban J connectivity index is 1.83. The van der Waals surface area contributed by atoms with E-state index in [1.807, 2.05) is 4.90 Å². The van der Waals surface area contributed by atoms with Gasteiger partial charge in [-0.2, -0.15) is 0 Å². The normalized spacial score (nSPS) is 23.4. The molecule has 0 aliphatic carbocycles. The van der Waals surface area contributed by atoms with E-state index in [4.69, 9.17) is 0 Å². The lowest BCUT2D eigenvalue weighted by molar-refractivity contribution is -0.131. The molecule has 1 amide bonds. The lowest BCUT2D eigenvalue weighted by atomic mass is 9.78. The minimum absolute atomic E-state index is 0.297. The van der Waals surface area contributed by atoms with Gasteiger partial charge in [0.25, 0.3) is 0 Å². The van der Waals surface area contributed by atoms with Gasteiger partial charge in [-0.25, -0.2) is 0 Å². The standard InChI is InChI=1S/C14H27N3O/c1-3-17(4-2)13(18)11-16-10-7-14(12-16)5-8-15-9-6-14/h15H,3-12H2,1-2H3. The van der Waals surface area contributed by atoms with Crippen molar-refractivity contribution in [2.75, 3.05) is 45.8 Å². The van der Waals surface area contributed by atoms with Gasteiger partial charge in [-0.3, -0.25) is 9.69 Å².